The third kappa shape index (κ3) is 5.30. The van der Waals surface area contributed by atoms with E-state index < -0.39 is 0 Å². The zero-order chi connectivity index (χ0) is 13.7. The minimum atomic E-state index is -0.133. The maximum Gasteiger partial charge on any atom is 0.251 e. The number of nitrogens with one attached hydrogen (secondary N) is 2. The van der Waals surface area contributed by atoms with Crippen molar-refractivity contribution < 1.29 is 4.79 Å². The predicted molar refractivity (Wildman–Crippen MR) is 84.5 cm³/mol. The van der Waals surface area contributed by atoms with Crippen LogP contribution in [-0.4, -0.2) is 45.3 Å². The summed E-state index contributed by atoms with van der Waals surface area (Å²) in [6, 6.07) is 3.56. The molecule has 0 bridgehead atoms. The van der Waals surface area contributed by atoms with Gasteiger partial charge in [0.2, 0.25) is 0 Å². The zero-order valence-electron chi connectivity index (χ0n) is 11.7. The molecule has 1 atom stereocenters. The first-order chi connectivity index (χ1) is 9.20. The van der Waals surface area contributed by atoms with E-state index in [1.807, 2.05) is 14.0 Å². The molecule has 0 fully saturated rings. The molecule has 1 amide bonds. The number of nitrogens with zero attached hydrogens (tertiary/aromatic N) is 4. The third-order valence-corrected chi connectivity index (χ3v) is 2.72. The molecule has 0 aliphatic heterocycles. The number of pyridine rings is 1. The highest BCUT2D eigenvalue weighted by molar-refractivity contribution is 5.94. The summed E-state index contributed by atoms with van der Waals surface area (Å²) in [4.78, 5) is 20.0. The normalized spacial score (nSPS) is 11.0. The van der Waals surface area contributed by atoms with Gasteiger partial charge in [-0.25, -0.2) is 14.6 Å². The standard InChI is InChI=1S/C12H16N6O.2ClH/c1-9(13-2)6-16-12(19)10-3-4-15-11(5-10)18-8-14-7-17-18;;/h3-5,7-9,13H,6H2,1-2H3,(H,16,19);2*1H. The maximum atomic E-state index is 12.0. The van der Waals surface area contributed by atoms with Gasteiger partial charge >= 0.3 is 0 Å². The molecule has 0 aromatic carbocycles. The number of carbonyl (C=O) groups is 1. The second-order valence-electron chi connectivity index (χ2n) is 4.14. The smallest absolute Gasteiger partial charge is 0.251 e. The van der Waals surface area contributed by atoms with Crippen LogP contribution in [0, 0.1) is 0 Å². The van der Waals surface area contributed by atoms with Crippen LogP contribution in [0.1, 0.15) is 17.3 Å². The summed E-state index contributed by atoms with van der Waals surface area (Å²) >= 11 is 0. The van der Waals surface area contributed by atoms with Gasteiger partial charge in [0.05, 0.1) is 0 Å². The number of halogens is 2. The monoisotopic (exact) mass is 332 g/mol. The van der Waals surface area contributed by atoms with Crippen LogP contribution in [0.15, 0.2) is 31.0 Å². The molecule has 2 N–H and O–H groups in total. The van der Waals surface area contributed by atoms with E-state index in [1.165, 1.54) is 17.3 Å². The second-order valence-corrected chi connectivity index (χ2v) is 4.14. The molecule has 2 rings (SSSR count). The van der Waals surface area contributed by atoms with E-state index in [0.717, 1.165) is 0 Å². The fraction of sp³-hybridized carbons (Fsp3) is 0.333. The van der Waals surface area contributed by atoms with Crippen molar-refractivity contribution in [3.05, 3.63) is 36.5 Å². The summed E-state index contributed by atoms with van der Waals surface area (Å²) in [6.07, 6.45) is 4.53. The van der Waals surface area contributed by atoms with E-state index in [-0.39, 0.29) is 36.8 Å². The quantitative estimate of drug-likeness (QED) is 0.847. The molecule has 21 heavy (non-hydrogen) atoms. The third-order valence-electron chi connectivity index (χ3n) is 2.72. The lowest BCUT2D eigenvalue weighted by molar-refractivity contribution is 0.0950. The van der Waals surface area contributed by atoms with Gasteiger partial charge in [-0.2, -0.15) is 5.10 Å². The fourth-order valence-corrected chi connectivity index (χ4v) is 1.46. The van der Waals surface area contributed by atoms with Crippen molar-refractivity contribution in [2.24, 2.45) is 0 Å². The number of hydrogen-bond donors (Lipinski definition) is 2. The Morgan fingerprint density at radius 2 is 2.19 bits per heavy atom. The second kappa shape index (κ2) is 9.28. The molecular weight excluding hydrogens is 315 g/mol. The summed E-state index contributed by atoms with van der Waals surface area (Å²) in [5.74, 6) is 0.428. The van der Waals surface area contributed by atoms with Crippen molar-refractivity contribution in [2.45, 2.75) is 13.0 Å². The van der Waals surface area contributed by atoms with Gasteiger partial charge < -0.3 is 10.6 Å². The Balaban J connectivity index is 0.00000200. The summed E-state index contributed by atoms with van der Waals surface area (Å²) in [7, 11) is 1.85. The summed E-state index contributed by atoms with van der Waals surface area (Å²) in [6.45, 7) is 2.56. The van der Waals surface area contributed by atoms with E-state index in [4.69, 9.17) is 0 Å². The van der Waals surface area contributed by atoms with Gasteiger partial charge in [-0.1, -0.05) is 0 Å². The van der Waals surface area contributed by atoms with E-state index >= 15 is 0 Å². The number of rotatable bonds is 5. The minimum absolute atomic E-state index is 0. The lowest BCUT2D eigenvalue weighted by Gasteiger charge is -2.11. The Labute approximate surface area is 135 Å². The minimum Gasteiger partial charge on any atom is -0.350 e. The Kier molecular flexibility index (Phi) is 8.52. The lowest BCUT2D eigenvalue weighted by Crippen LogP contribution is -2.37. The molecule has 0 saturated carbocycles. The molecule has 0 saturated heterocycles. The molecule has 9 heteroatoms. The maximum absolute atomic E-state index is 12.0. The van der Waals surface area contributed by atoms with E-state index in [2.05, 4.69) is 25.7 Å². The molecule has 0 aliphatic carbocycles. The first-order valence-corrected chi connectivity index (χ1v) is 5.97. The molecule has 1 unspecified atom stereocenters. The van der Waals surface area contributed by atoms with E-state index in [1.54, 1.807) is 18.3 Å². The number of likely N-dealkylation sites (N-methyl/N-ethyl adjacent to an activating group) is 1. The van der Waals surface area contributed by atoms with Gasteiger partial charge in [0.25, 0.3) is 5.91 Å². The van der Waals surface area contributed by atoms with Gasteiger partial charge in [0.15, 0.2) is 5.82 Å². The number of aromatic nitrogens is 4. The molecular formula is C12H18Cl2N6O. The molecule has 0 aliphatic rings. The van der Waals surface area contributed by atoms with E-state index in [0.29, 0.717) is 17.9 Å². The SMILES string of the molecule is CNC(C)CNC(=O)c1ccnc(-n2cncn2)c1.Cl.Cl. The van der Waals surface area contributed by atoms with Crippen LogP contribution < -0.4 is 10.6 Å². The highest BCUT2D eigenvalue weighted by atomic mass is 35.5. The fourth-order valence-electron chi connectivity index (χ4n) is 1.46. The summed E-state index contributed by atoms with van der Waals surface area (Å²) in [5, 5.41) is 9.88. The van der Waals surface area contributed by atoms with Crippen LogP contribution in [0.25, 0.3) is 5.82 Å². The molecule has 2 aromatic heterocycles. The molecule has 0 radical (unpaired) electrons. The first kappa shape index (κ1) is 19.3. The molecule has 116 valence electrons. The first-order valence-electron chi connectivity index (χ1n) is 5.97. The Morgan fingerprint density at radius 1 is 1.43 bits per heavy atom. The highest BCUT2D eigenvalue weighted by Gasteiger charge is 2.09. The largest absolute Gasteiger partial charge is 0.350 e. The topological polar surface area (TPSA) is 84.7 Å². The molecule has 7 nitrogen and oxygen atoms in total. The summed E-state index contributed by atoms with van der Waals surface area (Å²) < 4.78 is 1.51. The number of carbonyl (C=O) groups excluding carboxylic acids is 1. The van der Waals surface area contributed by atoms with E-state index in [9.17, 15) is 4.79 Å². The lowest BCUT2D eigenvalue weighted by atomic mass is 10.2. The molecule has 2 aromatic rings. The number of hydrogen-bond acceptors (Lipinski definition) is 5. The van der Waals surface area contributed by atoms with Crippen molar-refractivity contribution in [1.82, 2.24) is 30.4 Å². The van der Waals surface area contributed by atoms with Crippen LogP contribution in [0.5, 0.6) is 0 Å². The van der Waals surface area contributed by atoms with Gasteiger partial charge in [-0.3, -0.25) is 4.79 Å². The van der Waals surface area contributed by atoms with Crippen LogP contribution >= 0.6 is 24.8 Å². The Morgan fingerprint density at radius 3 is 2.81 bits per heavy atom. The van der Waals surface area contributed by atoms with Crippen LogP contribution in [0.2, 0.25) is 0 Å². The van der Waals surface area contributed by atoms with Crippen LogP contribution in [0.3, 0.4) is 0 Å². The van der Waals surface area contributed by atoms with Gasteiger partial charge in [0.1, 0.15) is 12.7 Å². The van der Waals surface area contributed by atoms with Gasteiger partial charge in [-0.05, 0) is 26.1 Å². The highest BCUT2D eigenvalue weighted by Crippen LogP contribution is 2.05. The van der Waals surface area contributed by atoms with Gasteiger partial charge in [-0.15, -0.1) is 24.8 Å². The predicted octanol–water partition coefficient (Wildman–Crippen LogP) is 0.844. The van der Waals surface area contributed by atoms with Gasteiger partial charge in [0, 0.05) is 24.3 Å². The Bertz CT molecular complexity index is 548. The summed E-state index contributed by atoms with van der Waals surface area (Å²) in [5.41, 5.74) is 0.545. The van der Waals surface area contributed by atoms with Crippen molar-refractivity contribution in [2.75, 3.05) is 13.6 Å². The van der Waals surface area contributed by atoms with Crippen molar-refractivity contribution in [3.63, 3.8) is 0 Å². The van der Waals surface area contributed by atoms with Crippen LogP contribution in [0.4, 0.5) is 0 Å². The Hall–Kier alpha value is -1.70. The molecule has 0 spiro atoms. The zero-order valence-corrected chi connectivity index (χ0v) is 13.3. The molecule has 2 heterocycles. The van der Waals surface area contributed by atoms with Crippen molar-refractivity contribution in [1.29, 1.82) is 0 Å². The average Bonchev–Trinajstić information content (AvgIpc) is 2.98. The average molecular weight is 333 g/mol. The van der Waals surface area contributed by atoms with Crippen molar-refractivity contribution >= 4 is 30.7 Å². The number of amides is 1. The van der Waals surface area contributed by atoms with Crippen LogP contribution in [-0.2, 0) is 0 Å². The van der Waals surface area contributed by atoms with Crippen molar-refractivity contribution in [3.8, 4) is 5.82 Å².